The molecule has 0 bridgehead atoms. The van der Waals surface area contributed by atoms with E-state index in [2.05, 4.69) is 10.3 Å². The molecule has 108 valence electrons. The van der Waals surface area contributed by atoms with E-state index in [1.54, 1.807) is 6.33 Å². The van der Waals surface area contributed by atoms with Crippen LogP contribution in [0.3, 0.4) is 0 Å². The number of aliphatic hydroxyl groups excluding tert-OH is 1. The smallest absolute Gasteiger partial charge is 0.239 e. The van der Waals surface area contributed by atoms with Gasteiger partial charge < -0.3 is 15.0 Å². The molecule has 0 fully saturated rings. The van der Waals surface area contributed by atoms with Crippen molar-refractivity contribution >= 4 is 16.9 Å². The maximum atomic E-state index is 11.8. The van der Waals surface area contributed by atoms with E-state index < -0.39 is 0 Å². The lowest BCUT2D eigenvalue weighted by Gasteiger charge is -2.06. The Balaban J connectivity index is 1.74. The number of nitrogens with zero attached hydrogens (tertiary/aromatic N) is 2. The lowest BCUT2D eigenvalue weighted by Crippen LogP contribution is -2.28. The highest BCUT2D eigenvalue weighted by Crippen LogP contribution is 2.11. The molecule has 1 heterocycles. The number of amides is 1. The van der Waals surface area contributed by atoms with Crippen molar-refractivity contribution in [2.24, 2.45) is 0 Å². The van der Waals surface area contributed by atoms with E-state index >= 15 is 0 Å². The Labute approximate surface area is 118 Å². The number of aliphatic hydroxyl groups is 1. The Morgan fingerprint density at radius 1 is 1.20 bits per heavy atom. The van der Waals surface area contributed by atoms with E-state index in [0.29, 0.717) is 13.1 Å². The maximum Gasteiger partial charge on any atom is 0.239 e. The fourth-order valence-corrected chi connectivity index (χ4v) is 2.17. The molecular formula is C15H21N3O2. The van der Waals surface area contributed by atoms with Crippen molar-refractivity contribution in [3.63, 3.8) is 0 Å². The molecule has 0 atom stereocenters. The maximum absolute atomic E-state index is 11.8. The Morgan fingerprint density at radius 2 is 2.00 bits per heavy atom. The van der Waals surface area contributed by atoms with E-state index in [-0.39, 0.29) is 12.5 Å². The molecular weight excluding hydrogens is 254 g/mol. The number of benzene rings is 1. The van der Waals surface area contributed by atoms with Gasteiger partial charge in [-0.2, -0.15) is 0 Å². The largest absolute Gasteiger partial charge is 0.396 e. The van der Waals surface area contributed by atoms with Crippen molar-refractivity contribution < 1.29 is 9.90 Å². The quantitative estimate of drug-likeness (QED) is 0.721. The number of unbranched alkanes of at least 4 members (excludes halogenated alkanes) is 3. The predicted octanol–water partition coefficient (Wildman–Crippen LogP) is 1.71. The molecule has 0 saturated carbocycles. The SMILES string of the molecule is O=C(Cn1cnc2ccccc21)NCCCCCCO. The number of nitrogens with one attached hydrogen (secondary N) is 1. The summed E-state index contributed by atoms with van der Waals surface area (Å²) in [6, 6.07) is 7.78. The highest BCUT2D eigenvalue weighted by atomic mass is 16.2. The number of hydrogen-bond donors (Lipinski definition) is 2. The van der Waals surface area contributed by atoms with Crippen LogP contribution in [0.25, 0.3) is 11.0 Å². The molecule has 1 aromatic heterocycles. The number of para-hydroxylation sites is 2. The Morgan fingerprint density at radius 3 is 2.85 bits per heavy atom. The van der Waals surface area contributed by atoms with Gasteiger partial charge in [-0.05, 0) is 25.0 Å². The second-order valence-electron chi connectivity index (χ2n) is 4.85. The van der Waals surface area contributed by atoms with Crippen LogP contribution in [0, 0.1) is 0 Å². The summed E-state index contributed by atoms with van der Waals surface area (Å²) < 4.78 is 1.86. The van der Waals surface area contributed by atoms with E-state index in [0.717, 1.165) is 36.7 Å². The molecule has 2 aromatic rings. The van der Waals surface area contributed by atoms with E-state index in [4.69, 9.17) is 5.11 Å². The third-order valence-corrected chi connectivity index (χ3v) is 3.25. The first kappa shape index (κ1) is 14.5. The molecule has 1 aromatic carbocycles. The van der Waals surface area contributed by atoms with Gasteiger partial charge in [-0.1, -0.05) is 25.0 Å². The first-order valence-corrected chi connectivity index (χ1v) is 7.08. The summed E-state index contributed by atoms with van der Waals surface area (Å²) in [5, 5.41) is 11.6. The van der Waals surface area contributed by atoms with Crippen LogP contribution in [0.4, 0.5) is 0 Å². The number of carbonyl (C=O) groups excluding carboxylic acids is 1. The fraction of sp³-hybridized carbons (Fsp3) is 0.467. The fourth-order valence-electron chi connectivity index (χ4n) is 2.17. The minimum Gasteiger partial charge on any atom is -0.396 e. The zero-order chi connectivity index (χ0) is 14.2. The molecule has 1 amide bonds. The Kier molecular flexibility index (Phi) is 5.55. The summed E-state index contributed by atoms with van der Waals surface area (Å²) in [4.78, 5) is 16.1. The summed E-state index contributed by atoms with van der Waals surface area (Å²) in [6.45, 7) is 1.24. The Bertz CT molecular complexity index is 551. The van der Waals surface area contributed by atoms with Crippen molar-refractivity contribution in [3.8, 4) is 0 Å². The molecule has 0 radical (unpaired) electrons. The summed E-state index contributed by atoms with van der Waals surface area (Å²) in [6.07, 6.45) is 5.55. The van der Waals surface area contributed by atoms with Crippen molar-refractivity contribution in [2.45, 2.75) is 32.2 Å². The molecule has 0 unspecified atom stereocenters. The second kappa shape index (κ2) is 7.65. The van der Waals surface area contributed by atoms with Gasteiger partial charge in [0.1, 0.15) is 6.54 Å². The van der Waals surface area contributed by atoms with Gasteiger partial charge in [0.05, 0.1) is 17.4 Å². The molecule has 0 aliphatic carbocycles. The number of fused-ring (bicyclic) bond motifs is 1. The molecule has 5 heteroatoms. The third kappa shape index (κ3) is 4.06. The summed E-state index contributed by atoms with van der Waals surface area (Å²) >= 11 is 0. The number of hydrogen-bond acceptors (Lipinski definition) is 3. The van der Waals surface area contributed by atoms with Crippen LogP contribution in [-0.2, 0) is 11.3 Å². The second-order valence-corrected chi connectivity index (χ2v) is 4.85. The summed E-state index contributed by atoms with van der Waals surface area (Å²) in [7, 11) is 0. The van der Waals surface area contributed by atoms with Crippen LogP contribution < -0.4 is 5.32 Å². The molecule has 5 nitrogen and oxygen atoms in total. The van der Waals surface area contributed by atoms with Crippen LogP contribution in [0.2, 0.25) is 0 Å². The van der Waals surface area contributed by atoms with Gasteiger partial charge >= 0.3 is 0 Å². The molecule has 20 heavy (non-hydrogen) atoms. The molecule has 0 spiro atoms. The van der Waals surface area contributed by atoms with Crippen molar-refractivity contribution in [2.75, 3.05) is 13.2 Å². The lowest BCUT2D eigenvalue weighted by atomic mass is 10.2. The minimum atomic E-state index is 0.00955. The number of carbonyl (C=O) groups is 1. The van der Waals surface area contributed by atoms with Gasteiger partial charge in [0.2, 0.25) is 5.91 Å². The van der Waals surface area contributed by atoms with Crippen molar-refractivity contribution in [3.05, 3.63) is 30.6 Å². The average Bonchev–Trinajstić information content (AvgIpc) is 2.86. The molecule has 2 rings (SSSR count). The van der Waals surface area contributed by atoms with Crippen LogP contribution in [-0.4, -0.2) is 33.7 Å². The van der Waals surface area contributed by atoms with E-state index in [1.807, 2.05) is 28.8 Å². The van der Waals surface area contributed by atoms with Crippen LogP contribution in [0.15, 0.2) is 30.6 Å². The third-order valence-electron chi connectivity index (χ3n) is 3.25. The van der Waals surface area contributed by atoms with Gasteiger partial charge in [-0.25, -0.2) is 4.98 Å². The van der Waals surface area contributed by atoms with Gasteiger partial charge in [-0.3, -0.25) is 4.79 Å². The van der Waals surface area contributed by atoms with Crippen LogP contribution in [0.5, 0.6) is 0 Å². The van der Waals surface area contributed by atoms with Gasteiger partial charge in [0.25, 0.3) is 0 Å². The van der Waals surface area contributed by atoms with Crippen molar-refractivity contribution in [1.82, 2.24) is 14.9 Å². The first-order valence-electron chi connectivity index (χ1n) is 7.08. The highest BCUT2D eigenvalue weighted by Gasteiger charge is 2.06. The van der Waals surface area contributed by atoms with E-state index in [1.165, 1.54) is 0 Å². The van der Waals surface area contributed by atoms with Gasteiger partial charge in [0.15, 0.2) is 0 Å². The molecule has 0 aliphatic rings. The number of aromatic nitrogens is 2. The summed E-state index contributed by atoms with van der Waals surface area (Å²) in [5.74, 6) is 0.00955. The van der Waals surface area contributed by atoms with E-state index in [9.17, 15) is 4.79 Å². The van der Waals surface area contributed by atoms with Crippen LogP contribution in [0.1, 0.15) is 25.7 Å². The number of imidazole rings is 1. The molecule has 0 saturated heterocycles. The predicted molar refractivity (Wildman–Crippen MR) is 78.3 cm³/mol. The van der Waals surface area contributed by atoms with Gasteiger partial charge in [-0.15, -0.1) is 0 Å². The number of rotatable bonds is 8. The Hall–Kier alpha value is -1.88. The normalized spacial score (nSPS) is 10.8. The van der Waals surface area contributed by atoms with Gasteiger partial charge in [0, 0.05) is 13.2 Å². The minimum absolute atomic E-state index is 0.00955. The highest BCUT2D eigenvalue weighted by molar-refractivity contribution is 5.80. The van der Waals surface area contributed by atoms with Crippen LogP contribution >= 0.6 is 0 Å². The monoisotopic (exact) mass is 275 g/mol. The lowest BCUT2D eigenvalue weighted by molar-refractivity contribution is -0.121. The van der Waals surface area contributed by atoms with Crippen molar-refractivity contribution in [1.29, 1.82) is 0 Å². The standard InChI is InChI=1S/C15H21N3O2/c19-10-6-2-1-5-9-16-15(20)11-18-12-17-13-7-3-4-8-14(13)18/h3-4,7-8,12,19H,1-2,5-6,9-11H2,(H,16,20). The first-order chi connectivity index (χ1) is 9.81. The summed E-state index contributed by atoms with van der Waals surface area (Å²) in [5.41, 5.74) is 1.88. The molecule has 2 N–H and O–H groups in total. The average molecular weight is 275 g/mol. The molecule has 0 aliphatic heterocycles. The zero-order valence-electron chi connectivity index (χ0n) is 11.6. The zero-order valence-corrected chi connectivity index (χ0v) is 11.6. The topological polar surface area (TPSA) is 67.2 Å².